The molecule has 4 heterocycles. The van der Waals surface area contributed by atoms with Gasteiger partial charge in [0.25, 0.3) is 0 Å². The molecule has 1 saturated heterocycles. The Balaban J connectivity index is 1.39. The van der Waals surface area contributed by atoms with Gasteiger partial charge in [-0.15, -0.1) is 0 Å². The van der Waals surface area contributed by atoms with E-state index in [1.807, 2.05) is 55.7 Å². The van der Waals surface area contributed by atoms with Crippen molar-refractivity contribution in [2.24, 2.45) is 0 Å². The van der Waals surface area contributed by atoms with Gasteiger partial charge in [-0.3, -0.25) is 4.57 Å². The number of aromatic nitrogens is 4. The van der Waals surface area contributed by atoms with Crippen molar-refractivity contribution in [3.8, 4) is 28.3 Å². The average molecular weight is 533 g/mol. The second kappa shape index (κ2) is 9.79. The molecule has 0 atom stereocenters. The molecule has 8 heteroatoms. The number of amides is 1. The molecule has 1 aliphatic rings. The van der Waals surface area contributed by atoms with Crippen LogP contribution >= 0.6 is 0 Å². The van der Waals surface area contributed by atoms with E-state index in [2.05, 4.69) is 54.4 Å². The number of benzene rings is 2. The first-order valence-electron chi connectivity index (χ1n) is 13.4. The molecule has 202 valence electrons. The molecule has 8 nitrogen and oxygen atoms in total. The number of anilines is 1. The largest absolute Gasteiger partial charge is 0.444 e. The number of carbonyl (C=O) groups excluding carboxylic acids is 1. The molecule has 0 bridgehead atoms. The van der Waals surface area contributed by atoms with Gasteiger partial charge in [0.1, 0.15) is 16.9 Å². The van der Waals surface area contributed by atoms with Gasteiger partial charge in [0.15, 0.2) is 11.5 Å². The molecule has 0 unspecified atom stereocenters. The molecule has 0 spiro atoms. The van der Waals surface area contributed by atoms with Crippen LogP contribution in [0.1, 0.15) is 37.8 Å². The SMILES string of the molecule is Cc1cc2nc(-c3cccnc3N)n(-c3ccc(C4CN(C(=O)OC(C)(C)C)C4)cc3)c2nc1-c1ccccc1. The Kier molecular flexibility index (Phi) is 6.25. The highest BCUT2D eigenvalue weighted by Crippen LogP contribution is 2.34. The number of imidazole rings is 1. The lowest BCUT2D eigenvalue weighted by atomic mass is 9.92. The van der Waals surface area contributed by atoms with Gasteiger partial charge in [0.05, 0.1) is 11.3 Å². The third-order valence-electron chi connectivity index (χ3n) is 7.11. The van der Waals surface area contributed by atoms with Crippen molar-refractivity contribution in [3.05, 3.63) is 90.1 Å². The van der Waals surface area contributed by atoms with E-state index in [1.165, 1.54) is 5.56 Å². The second-order valence-electron chi connectivity index (χ2n) is 11.2. The fourth-order valence-corrected chi connectivity index (χ4v) is 5.08. The molecule has 0 radical (unpaired) electrons. The zero-order valence-corrected chi connectivity index (χ0v) is 23.1. The van der Waals surface area contributed by atoms with Gasteiger partial charge < -0.3 is 15.4 Å². The van der Waals surface area contributed by atoms with Crippen LogP contribution in [0.4, 0.5) is 10.6 Å². The highest BCUT2D eigenvalue weighted by atomic mass is 16.6. The minimum Gasteiger partial charge on any atom is -0.444 e. The number of aryl methyl sites for hydroxylation is 1. The first kappa shape index (κ1) is 25.6. The number of rotatable bonds is 4. The van der Waals surface area contributed by atoms with E-state index in [4.69, 9.17) is 20.4 Å². The summed E-state index contributed by atoms with van der Waals surface area (Å²) in [6.07, 6.45) is 1.41. The average Bonchev–Trinajstić information content (AvgIpc) is 3.25. The molecule has 0 saturated carbocycles. The van der Waals surface area contributed by atoms with Gasteiger partial charge in [-0.2, -0.15) is 0 Å². The Morgan fingerprint density at radius 1 is 0.975 bits per heavy atom. The Morgan fingerprint density at radius 3 is 2.38 bits per heavy atom. The number of nitrogen functional groups attached to an aromatic ring is 1. The third kappa shape index (κ3) is 4.77. The molecule has 1 amide bonds. The van der Waals surface area contributed by atoms with E-state index < -0.39 is 5.60 Å². The Hall–Kier alpha value is -4.72. The van der Waals surface area contributed by atoms with Crippen LogP contribution in [-0.4, -0.2) is 49.2 Å². The third-order valence-corrected chi connectivity index (χ3v) is 7.11. The van der Waals surface area contributed by atoms with E-state index >= 15 is 0 Å². The van der Waals surface area contributed by atoms with E-state index in [-0.39, 0.29) is 12.0 Å². The molecule has 0 aliphatic carbocycles. The predicted molar refractivity (Wildman–Crippen MR) is 157 cm³/mol. The summed E-state index contributed by atoms with van der Waals surface area (Å²) in [5.41, 5.74) is 13.2. The maximum Gasteiger partial charge on any atom is 0.410 e. The Labute approximate surface area is 233 Å². The fraction of sp³-hybridized carbons (Fsp3) is 0.250. The monoisotopic (exact) mass is 532 g/mol. The quantitative estimate of drug-likeness (QED) is 0.289. The smallest absolute Gasteiger partial charge is 0.410 e. The molecular formula is C32H32N6O2. The zero-order valence-electron chi connectivity index (χ0n) is 23.1. The number of pyridine rings is 2. The van der Waals surface area contributed by atoms with Crippen molar-refractivity contribution < 1.29 is 9.53 Å². The fourth-order valence-electron chi connectivity index (χ4n) is 5.08. The highest BCUT2D eigenvalue weighted by Gasteiger charge is 2.34. The summed E-state index contributed by atoms with van der Waals surface area (Å²) in [4.78, 5) is 28.5. The van der Waals surface area contributed by atoms with Gasteiger partial charge >= 0.3 is 6.09 Å². The lowest BCUT2D eigenvalue weighted by Gasteiger charge is -2.40. The van der Waals surface area contributed by atoms with Crippen molar-refractivity contribution in [1.82, 2.24) is 24.4 Å². The van der Waals surface area contributed by atoms with Crippen molar-refractivity contribution in [1.29, 1.82) is 0 Å². The summed E-state index contributed by atoms with van der Waals surface area (Å²) < 4.78 is 7.55. The van der Waals surface area contributed by atoms with E-state index in [9.17, 15) is 4.79 Å². The lowest BCUT2D eigenvalue weighted by Crippen LogP contribution is -2.50. The van der Waals surface area contributed by atoms with Gasteiger partial charge in [-0.1, -0.05) is 42.5 Å². The van der Waals surface area contributed by atoms with Crippen LogP contribution in [0.25, 0.3) is 39.5 Å². The number of fused-ring (bicyclic) bond motifs is 1. The standard InChI is InChI=1S/C32H32N6O2/c1-20-17-26-30(36-27(20)22-9-6-5-7-10-22)38(29(35-26)25-11-8-16-34-28(25)33)24-14-12-21(13-15-24)23-18-37(19-23)31(39)40-32(2,3)4/h5-17,23H,18-19H2,1-4H3,(H2,33,34). The molecule has 6 rings (SSSR count). The molecule has 2 N–H and O–H groups in total. The Morgan fingerprint density at radius 2 is 1.70 bits per heavy atom. The second-order valence-corrected chi connectivity index (χ2v) is 11.2. The first-order chi connectivity index (χ1) is 19.2. The number of nitrogens with two attached hydrogens (primary N) is 1. The molecule has 3 aromatic heterocycles. The number of hydrogen-bond donors (Lipinski definition) is 1. The van der Waals surface area contributed by atoms with Crippen molar-refractivity contribution >= 4 is 23.1 Å². The molecule has 1 fully saturated rings. The summed E-state index contributed by atoms with van der Waals surface area (Å²) >= 11 is 0. The molecule has 1 aliphatic heterocycles. The normalized spacial score (nSPS) is 13.8. The predicted octanol–water partition coefficient (Wildman–Crippen LogP) is 6.37. The van der Waals surface area contributed by atoms with Gasteiger partial charge in [-0.05, 0) is 69.2 Å². The highest BCUT2D eigenvalue weighted by molar-refractivity contribution is 5.85. The molecule has 2 aromatic carbocycles. The van der Waals surface area contributed by atoms with Crippen LogP contribution in [0.15, 0.2) is 79.0 Å². The van der Waals surface area contributed by atoms with E-state index in [1.54, 1.807) is 11.1 Å². The topological polar surface area (TPSA) is 99.2 Å². The summed E-state index contributed by atoms with van der Waals surface area (Å²) in [5.74, 6) is 1.36. The van der Waals surface area contributed by atoms with Crippen LogP contribution < -0.4 is 5.73 Å². The lowest BCUT2D eigenvalue weighted by molar-refractivity contribution is 0.00819. The first-order valence-corrected chi connectivity index (χ1v) is 13.4. The zero-order chi connectivity index (χ0) is 28.0. The van der Waals surface area contributed by atoms with Gasteiger partial charge in [0.2, 0.25) is 0 Å². The maximum atomic E-state index is 12.4. The summed E-state index contributed by atoms with van der Waals surface area (Å²) in [7, 11) is 0. The van der Waals surface area contributed by atoms with Gasteiger partial charge in [0, 0.05) is 36.5 Å². The number of hydrogen-bond acceptors (Lipinski definition) is 6. The van der Waals surface area contributed by atoms with Crippen molar-refractivity contribution in [3.63, 3.8) is 0 Å². The van der Waals surface area contributed by atoms with Crippen molar-refractivity contribution in [2.75, 3.05) is 18.8 Å². The molecule has 40 heavy (non-hydrogen) atoms. The molecule has 5 aromatic rings. The number of carbonyl (C=O) groups is 1. The summed E-state index contributed by atoms with van der Waals surface area (Å²) in [5, 5.41) is 0. The van der Waals surface area contributed by atoms with E-state index in [0.29, 0.717) is 24.7 Å². The number of likely N-dealkylation sites (tertiary alicyclic amines) is 1. The number of ether oxygens (including phenoxy) is 1. The Bertz CT molecular complexity index is 1700. The maximum absolute atomic E-state index is 12.4. The minimum atomic E-state index is -0.500. The van der Waals surface area contributed by atoms with Crippen LogP contribution in [0, 0.1) is 6.92 Å². The van der Waals surface area contributed by atoms with Gasteiger partial charge in [-0.25, -0.2) is 19.7 Å². The number of nitrogens with zero attached hydrogens (tertiary/aromatic N) is 5. The summed E-state index contributed by atoms with van der Waals surface area (Å²) in [6, 6.07) is 24.4. The van der Waals surface area contributed by atoms with Crippen LogP contribution in [0.3, 0.4) is 0 Å². The summed E-state index contributed by atoms with van der Waals surface area (Å²) in [6.45, 7) is 8.98. The minimum absolute atomic E-state index is 0.264. The molecular weight excluding hydrogens is 500 g/mol. The van der Waals surface area contributed by atoms with Crippen LogP contribution in [-0.2, 0) is 4.74 Å². The van der Waals surface area contributed by atoms with E-state index in [0.717, 1.165) is 39.2 Å². The van der Waals surface area contributed by atoms with Crippen LogP contribution in [0.5, 0.6) is 0 Å². The van der Waals surface area contributed by atoms with Crippen LogP contribution in [0.2, 0.25) is 0 Å². The van der Waals surface area contributed by atoms with Crippen molar-refractivity contribution in [2.45, 2.75) is 39.2 Å².